The molecule has 0 amide bonds. The Kier molecular flexibility index (Phi) is 3.30. The molecule has 1 aliphatic rings. The number of hydrogen-bond donors (Lipinski definition) is 0. The Hall–Kier alpha value is -2.10. The largest absolute Gasteiger partial charge is 0.497 e. The molecule has 0 aromatic carbocycles. The Morgan fingerprint density at radius 2 is 2.25 bits per heavy atom. The van der Waals surface area contributed by atoms with Gasteiger partial charge in [-0.2, -0.15) is 0 Å². The van der Waals surface area contributed by atoms with E-state index >= 15 is 0 Å². The van der Waals surface area contributed by atoms with Gasteiger partial charge >= 0.3 is 0 Å². The highest BCUT2D eigenvalue weighted by Gasteiger charge is 2.30. The molecule has 2 aromatic heterocycles. The first-order chi connectivity index (χ1) is 9.65. The molecule has 0 saturated heterocycles. The van der Waals surface area contributed by atoms with Crippen LogP contribution >= 0.6 is 0 Å². The Labute approximate surface area is 118 Å². The van der Waals surface area contributed by atoms with Crippen LogP contribution in [0, 0.1) is 12.8 Å². The predicted octanol–water partition coefficient (Wildman–Crippen LogP) is 2.84. The second-order valence-electron chi connectivity index (χ2n) is 5.35. The summed E-state index contributed by atoms with van der Waals surface area (Å²) in [7, 11) is 1.65. The molecule has 0 aliphatic heterocycles. The minimum atomic E-state index is 0.267. The number of ketones is 1. The molecule has 4 heteroatoms. The number of pyridine rings is 1. The summed E-state index contributed by atoms with van der Waals surface area (Å²) >= 11 is 0. The lowest BCUT2D eigenvalue weighted by atomic mass is 10.1. The topological polar surface area (TPSA) is 44.1 Å². The third-order valence-electron chi connectivity index (χ3n) is 3.54. The van der Waals surface area contributed by atoms with Gasteiger partial charge in [-0.05, 0) is 25.8 Å². The van der Waals surface area contributed by atoms with E-state index < -0.39 is 0 Å². The minimum Gasteiger partial charge on any atom is -0.497 e. The summed E-state index contributed by atoms with van der Waals surface area (Å²) in [6, 6.07) is 5.73. The standard InChI is InChI=1S/C16H18N2O2/c1-11-7-15(20-2)8-14(17-11)10-18-6-5-13(9-18)16(19)12-3-4-12/h5-9,12H,3-4,10H2,1-2H3. The van der Waals surface area contributed by atoms with Crippen LogP contribution in [0.15, 0.2) is 30.6 Å². The predicted molar refractivity (Wildman–Crippen MR) is 76.1 cm³/mol. The zero-order valence-corrected chi connectivity index (χ0v) is 11.8. The van der Waals surface area contributed by atoms with E-state index in [1.165, 1.54) is 0 Å². The summed E-state index contributed by atoms with van der Waals surface area (Å²) < 4.78 is 7.25. The van der Waals surface area contributed by atoms with Gasteiger partial charge in [0.15, 0.2) is 5.78 Å². The number of carbonyl (C=O) groups excluding carboxylic acids is 1. The van der Waals surface area contributed by atoms with Crippen molar-refractivity contribution in [3.05, 3.63) is 47.5 Å². The van der Waals surface area contributed by atoms with Crippen molar-refractivity contribution in [1.29, 1.82) is 0 Å². The van der Waals surface area contributed by atoms with E-state index in [1.807, 2.05) is 42.1 Å². The highest BCUT2D eigenvalue weighted by molar-refractivity contribution is 5.99. The second-order valence-corrected chi connectivity index (χ2v) is 5.35. The molecule has 1 saturated carbocycles. The SMILES string of the molecule is COc1cc(C)nc(Cn2ccc(C(=O)C3CC3)c2)c1. The van der Waals surface area contributed by atoms with Gasteiger partial charge in [0.2, 0.25) is 0 Å². The zero-order valence-electron chi connectivity index (χ0n) is 11.8. The van der Waals surface area contributed by atoms with Crippen LogP contribution in [0.3, 0.4) is 0 Å². The zero-order chi connectivity index (χ0) is 14.1. The van der Waals surface area contributed by atoms with Gasteiger partial charge in [0.25, 0.3) is 0 Å². The fourth-order valence-electron chi connectivity index (χ4n) is 2.35. The van der Waals surface area contributed by atoms with E-state index in [0.717, 1.165) is 35.5 Å². The number of ether oxygens (including phenoxy) is 1. The number of rotatable bonds is 5. The Morgan fingerprint density at radius 1 is 1.45 bits per heavy atom. The number of methoxy groups -OCH3 is 1. The molecule has 2 heterocycles. The van der Waals surface area contributed by atoms with Crippen LogP contribution in [0.25, 0.3) is 0 Å². The third-order valence-corrected chi connectivity index (χ3v) is 3.54. The van der Waals surface area contributed by atoms with Gasteiger partial charge in [-0.3, -0.25) is 9.78 Å². The summed E-state index contributed by atoms with van der Waals surface area (Å²) in [4.78, 5) is 16.5. The lowest BCUT2D eigenvalue weighted by Gasteiger charge is -2.07. The fraction of sp³-hybridized carbons (Fsp3) is 0.375. The Morgan fingerprint density at radius 3 is 2.95 bits per heavy atom. The number of carbonyl (C=O) groups is 1. The van der Waals surface area contributed by atoms with Gasteiger partial charge in [-0.1, -0.05) is 0 Å². The van der Waals surface area contributed by atoms with E-state index in [0.29, 0.717) is 6.54 Å². The van der Waals surface area contributed by atoms with Gasteiger partial charge in [0.1, 0.15) is 5.75 Å². The van der Waals surface area contributed by atoms with Crippen molar-refractivity contribution < 1.29 is 9.53 Å². The smallest absolute Gasteiger partial charge is 0.167 e. The summed E-state index contributed by atoms with van der Waals surface area (Å²) in [5.74, 6) is 1.36. The first-order valence-corrected chi connectivity index (χ1v) is 6.87. The van der Waals surface area contributed by atoms with Crippen LogP contribution in [-0.4, -0.2) is 22.4 Å². The van der Waals surface area contributed by atoms with Gasteiger partial charge in [-0.15, -0.1) is 0 Å². The van der Waals surface area contributed by atoms with Gasteiger partial charge in [0.05, 0.1) is 19.3 Å². The summed E-state index contributed by atoms with van der Waals surface area (Å²) in [6.07, 6.45) is 5.94. The van der Waals surface area contributed by atoms with Crippen molar-refractivity contribution in [2.24, 2.45) is 5.92 Å². The van der Waals surface area contributed by atoms with Crippen molar-refractivity contribution >= 4 is 5.78 Å². The molecule has 0 bridgehead atoms. The van der Waals surface area contributed by atoms with Crippen LogP contribution in [-0.2, 0) is 6.54 Å². The van der Waals surface area contributed by atoms with Crippen molar-refractivity contribution in [2.75, 3.05) is 7.11 Å². The summed E-state index contributed by atoms with van der Waals surface area (Å²) in [6.45, 7) is 2.60. The molecule has 0 atom stereocenters. The molecule has 3 rings (SSSR count). The Bertz CT molecular complexity index is 642. The number of Topliss-reactive ketones (excluding diaryl/α,β-unsaturated/α-hetero) is 1. The molecular weight excluding hydrogens is 252 g/mol. The number of hydrogen-bond acceptors (Lipinski definition) is 3. The van der Waals surface area contributed by atoms with E-state index in [4.69, 9.17) is 4.74 Å². The average molecular weight is 270 g/mol. The molecule has 0 radical (unpaired) electrons. The molecule has 4 nitrogen and oxygen atoms in total. The maximum Gasteiger partial charge on any atom is 0.167 e. The van der Waals surface area contributed by atoms with Crippen LogP contribution in [0.1, 0.15) is 34.6 Å². The Balaban J connectivity index is 1.77. The lowest BCUT2D eigenvalue weighted by Crippen LogP contribution is -2.03. The molecule has 0 spiro atoms. The highest BCUT2D eigenvalue weighted by Crippen LogP contribution is 2.32. The van der Waals surface area contributed by atoms with E-state index in [1.54, 1.807) is 7.11 Å². The molecule has 1 fully saturated rings. The second kappa shape index (κ2) is 5.12. The molecule has 2 aromatic rings. The van der Waals surface area contributed by atoms with Crippen LogP contribution in [0.2, 0.25) is 0 Å². The fourth-order valence-corrected chi connectivity index (χ4v) is 2.35. The van der Waals surface area contributed by atoms with Crippen molar-refractivity contribution in [3.8, 4) is 5.75 Å². The van der Waals surface area contributed by atoms with E-state index in [2.05, 4.69) is 4.98 Å². The number of aryl methyl sites for hydroxylation is 1. The first kappa shape index (κ1) is 12.9. The van der Waals surface area contributed by atoms with Gasteiger partial charge in [-0.25, -0.2) is 0 Å². The molecule has 0 unspecified atom stereocenters. The first-order valence-electron chi connectivity index (χ1n) is 6.87. The van der Waals surface area contributed by atoms with Crippen molar-refractivity contribution in [2.45, 2.75) is 26.3 Å². The lowest BCUT2D eigenvalue weighted by molar-refractivity contribution is 0.0967. The maximum atomic E-state index is 12.0. The quantitative estimate of drug-likeness (QED) is 0.785. The minimum absolute atomic E-state index is 0.267. The summed E-state index contributed by atoms with van der Waals surface area (Å²) in [5.41, 5.74) is 2.68. The van der Waals surface area contributed by atoms with E-state index in [-0.39, 0.29) is 11.7 Å². The van der Waals surface area contributed by atoms with Crippen LogP contribution in [0.5, 0.6) is 5.75 Å². The number of aromatic nitrogens is 2. The normalized spacial score (nSPS) is 14.3. The van der Waals surface area contributed by atoms with Gasteiger partial charge in [0, 0.05) is 41.7 Å². The molecule has 1 aliphatic carbocycles. The third kappa shape index (κ3) is 2.74. The molecular formula is C16H18N2O2. The van der Waals surface area contributed by atoms with Crippen LogP contribution in [0.4, 0.5) is 0 Å². The summed E-state index contributed by atoms with van der Waals surface area (Å²) in [5, 5.41) is 0. The van der Waals surface area contributed by atoms with E-state index in [9.17, 15) is 4.79 Å². The molecule has 20 heavy (non-hydrogen) atoms. The molecule has 104 valence electrons. The average Bonchev–Trinajstić information content (AvgIpc) is 3.18. The number of nitrogens with zero attached hydrogens (tertiary/aromatic N) is 2. The monoisotopic (exact) mass is 270 g/mol. The van der Waals surface area contributed by atoms with Crippen LogP contribution < -0.4 is 4.74 Å². The maximum absolute atomic E-state index is 12.0. The van der Waals surface area contributed by atoms with Gasteiger partial charge < -0.3 is 9.30 Å². The van der Waals surface area contributed by atoms with Crippen molar-refractivity contribution in [3.63, 3.8) is 0 Å². The highest BCUT2D eigenvalue weighted by atomic mass is 16.5. The molecule has 0 N–H and O–H groups in total. The van der Waals surface area contributed by atoms with Crippen molar-refractivity contribution in [1.82, 2.24) is 9.55 Å².